The van der Waals surface area contributed by atoms with E-state index in [1.807, 2.05) is 29.3 Å². The monoisotopic (exact) mass is 479 g/mol. The molecule has 0 unspecified atom stereocenters. The van der Waals surface area contributed by atoms with Crippen LogP contribution in [0.2, 0.25) is 0 Å². The molecule has 182 valence electrons. The summed E-state index contributed by atoms with van der Waals surface area (Å²) in [6, 6.07) is 11.0. The number of fused-ring (bicyclic) bond motifs is 1. The Hall–Kier alpha value is -4.03. The molecule has 1 aliphatic carbocycles. The van der Waals surface area contributed by atoms with E-state index in [4.69, 9.17) is 21.0 Å². The molecule has 0 radical (unpaired) electrons. The molecular weight excluding hydrogens is 450 g/mol. The van der Waals surface area contributed by atoms with Crippen LogP contribution in [0.3, 0.4) is 0 Å². The lowest BCUT2D eigenvalue weighted by Gasteiger charge is -2.47. The lowest BCUT2D eigenvalue weighted by atomic mass is 9.89. The summed E-state index contributed by atoms with van der Waals surface area (Å²) < 4.78 is 2.00. The number of nitrogens with two attached hydrogens (primary N) is 1. The summed E-state index contributed by atoms with van der Waals surface area (Å²) in [7, 11) is 0. The molecule has 9 nitrogen and oxygen atoms in total. The van der Waals surface area contributed by atoms with Crippen molar-refractivity contribution in [3.63, 3.8) is 0 Å². The van der Waals surface area contributed by atoms with E-state index < -0.39 is 0 Å². The van der Waals surface area contributed by atoms with Crippen molar-refractivity contribution in [1.29, 1.82) is 5.26 Å². The third-order valence-corrected chi connectivity index (χ3v) is 7.16. The summed E-state index contributed by atoms with van der Waals surface area (Å²) >= 11 is 0. The molecule has 3 aromatic heterocycles. The minimum atomic E-state index is -0.153. The first-order valence-electron chi connectivity index (χ1n) is 12.5. The molecule has 2 aliphatic rings. The van der Waals surface area contributed by atoms with Crippen LogP contribution in [0.1, 0.15) is 50.6 Å². The van der Waals surface area contributed by atoms with Gasteiger partial charge in [0.15, 0.2) is 5.82 Å². The smallest absolute Gasteiger partial charge is 0.164 e. The van der Waals surface area contributed by atoms with Gasteiger partial charge < -0.3 is 16.0 Å². The molecule has 4 heterocycles. The first kappa shape index (κ1) is 22.4. The van der Waals surface area contributed by atoms with Gasteiger partial charge in [-0.05, 0) is 47.9 Å². The minimum Gasteiger partial charge on any atom is -0.355 e. The molecule has 6 rings (SSSR count). The summed E-state index contributed by atoms with van der Waals surface area (Å²) in [6.07, 6.45) is 10.2. The molecule has 0 bridgehead atoms. The van der Waals surface area contributed by atoms with Crippen molar-refractivity contribution < 1.29 is 0 Å². The van der Waals surface area contributed by atoms with Crippen LogP contribution in [-0.2, 0) is 0 Å². The number of nitrogens with one attached hydrogen (secondary N) is 1. The molecule has 2 atom stereocenters. The molecule has 1 aromatic carbocycles. The number of nitrogens with zero attached hydrogens (tertiary/aromatic N) is 7. The predicted octanol–water partition coefficient (Wildman–Crippen LogP) is 4.72. The van der Waals surface area contributed by atoms with Gasteiger partial charge in [0.1, 0.15) is 11.6 Å². The Morgan fingerprint density at radius 3 is 2.75 bits per heavy atom. The molecule has 1 aliphatic heterocycles. The number of hydrogen-bond donors (Lipinski definition) is 2. The Morgan fingerprint density at radius 1 is 1.14 bits per heavy atom. The Bertz CT molecular complexity index is 1460. The van der Waals surface area contributed by atoms with Gasteiger partial charge in [0.05, 0.1) is 30.0 Å². The third-order valence-electron chi connectivity index (χ3n) is 7.16. The number of aromatic nitrogens is 5. The maximum absolute atomic E-state index is 9.05. The number of hydrogen-bond acceptors (Lipinski definition) is 8. The Morgan fingerprint density at radius 2 is 2.00 bits per heavy atom. The molecule has 4 aromatic rings. The minimum absolute atomic E-state index is 0.153. The fourth-order valence-corrected chi connectivity index (χ4v) is 4.92. The first-order chi connectivity index (χ1) is 17.5. The van der Waals surface area contributed by atoms with E-state index in [1.165, 1.54) is 18.4 Å². The van der Waals surface area contributed by atoms with E-state index in [2.05, 4.69) is 58.4 Å². The zero-order valence-corrected chi connectivity index (χ0v) is 20.5. The van der Waals surface area contributed by atoms with Gasteiger partial charge in [-0.1, -0.05) is 19.9 Å². The summed E-state index contributed by atoms with van der Waals surface area (Å²) in [5.74, 6) is 2.58. The largest absolute Gasteiger partial charge is 0.355 e. The Kier molecular flexibility index (Phi) is 5.53. The van der Waals surface area contributed by atoms with Gasteiger partial charge in [0.2, 0.25) is 0 Å². The molecule has 36 heavy (non-hydrogen) atoms. The van der Waals surface area contributed by atoms with Gasteiger partial charge in [0.25, 0.3) is 0 Å². The first-order valence-corrected chi connectivity index (χ1v) is 12.5. The molecule has 2 fully saturated rings. The fraction of sp³-hybridized carbons (Fsp3) is 0.370. The fourth-order valence-electron chi connectivity index (χ4n) is 4.92. The van der Waals surface area contributed by atoms with E-state index in [0.717, 1.165) is 34.4 Å². The van der Waals surface area contributed by atoms with Crippen LogP contribution in [0.25, 0.3) is 22.2 Å². The topological polar surface area (TPSA) is 122 Å². The average Bonchev–Trinajstić information content (AvgIpc) is 3.61. The number of anilines is 3. The lowest BCUT2D eigenvalue weighted by Crippen LogP contribution is -2.61. The Balaban J connectivity index is 1.30. The maximum atomic E-state index is 9.05. The zero-order valence-electron chi connectivity index (χ0n) is 20.5. The molecule has 1 saturated carbocycles. The summed E-state index contributed by atoms with van der Waals surface area (Å²) in [5, 5.41) is 19.1. The van der Waals surface area contributed by atoms with Gasteiger partial charge in [-0.15, -0.1) is 0 Å². The van der Waals surface area contributed by atoms with Crippen LogP contribution < -0.4 is 16.0 Å². The van der Waals surface area contributed by atoms with Gasteiger partial charge in [0, 0.05) is 48.5 Å². The van der Waals surface area contributed by atoms with E-state index in [9.17, 15) is 0 Å². The Labute approximate surface area is 210 Å². The van der Waals surface area contributed by atoms with Crippen LogP contribution in [0.15, 0.2) is 49.1 Å². The highest BCUT2D eigenvalue weighted by molar-refractivity contribution is 5.98. The van der Waals surface area contributed by atoms with Gasteiger partial charge in [-0.25, -0.2) is 15.0 Å². The molecule has 9 heteroatoms. The number of rotatable bonds is 7. The van der Waals surface area contributed by atoms with Crippen LogP contribution in [-0.4, -0.2) is 37.4 Å². The van der Waals surface area contributed by atoms with E-state index >= 15 is 0 Å². The summed E-state index contributed by atoms with van der Waals surface area (Å²) in [6.45, 7) is 5.17. The van der Waals surface area contributed by atoms with Crippen molar-refractivity contribution in [3.05, 3.63) is 54.6 Å². The second-order valence-electron chi connectivity index (χ2n) is 10.0. The number of nitriles is 1. The highest BCUT2D eigenvalue weighted by Gasteiger charge is 2.36. The van der Waals surface area contributed by atoms with Crippen molar-refractivity contribution in [2.75, 3.05) is 16.8 Å². The highest BCUT2D eigenvalue weighted by Crippen LogP contribution is 2.39. The van der Waals surface area contributed by atoms with E-state index in [-0.39, 0.29) is 12.1 Å². The lowest BCUT2D eigenvalue weighted by molar-refractivity contribution is 0.305. The highest BCUT2D eigenvalue weighted by atomic mass is 15.3. The molecule has 3 N–H and O–H groups in total. The van der Waals surface area contributed by atoms with Crippen LogP contribution in [0.4, 0.5) is 17.3 Å². The number of benzene rings is 1. The zero-order chi connectivity index (χ0) is 24.8. The SMILES string of the molecule is CC(C)c1ccc(N2C[C@H](CC#N)[C@H]2N)c2cnc(Nc3ccnc(-c4cnn(C5CC5)c4)n3)cc12. The normalized spacial score (nSPS) is 19.4. The van der Waals surface area contributed by atoms with Crippen molar-refractivity contribution >= 4 is 28.1 Å². The molecule has 0 spiro atoms. The second-order valence-corrected chi connectivity index (χ2v) is 10.0. The van der Waals surface area contributed by atoms with Crippen molar-refractivity contribution in [1.82, 2.24) is 24.7 Å². The average molecular weight is 480 g/mol. The predicted molar refractivity (Wildman–Crippen MR) is 140 cm³/mol. The third kappa shape index (κ3) is 4.03. The van der Waals surface area contributed by atoms with E-state index in [1.54, 1.807) is 6.20 Å². The van der Waals surface area contributed by atoms with Crippen molar-refractivity contribution in [2.45, 2.75) is 51.2 Å². The van der Waals surface area contributed by atoms with Crippen LogP contribution >= 0.6 is 0 Å². The number of pyridine rings is 1. The summed E-state index contributed by atoms with van der Waals surface area (Å²) in [5.41, 5.74) is 9.63. The molecule has 0 amide bonds. The van der Waals surface area contributed by atoms with Gasteiger partial charge >= 0.3 is 0 Å². The van der Waals surface area contributed by atoms with Gasteiger partial charge in [-0.3, -0.25) is 4.68 Å². The van der Waals surface area contributed by atoms with Crippen molar-refractivity contribution in [2.24, 2.45) is 11.7 Å². The molecular formula is C27H29N9. The second kappa shape index (κ2) is 8.88. The maximum Gasteiger partial charge on any atom is 0.164 e. The van der Waals surface area contributed by atoms with Crippen LogP contribution in [0, 0.1) is 17.2 Å². The molecule has 1 saturated heterocycles. The van der Waals surface area contributed by atoms with Crippen LogP contribution in [0.5, 0.6) is 0 Å². The van der Waals surface area contributed by atoms with E-state index in [0.29, 0.717) is 30.0 Å². The van der Waals surface area contributed by atoms with Crippen molar-refractivity contribution in [3.8, 4) is 17.5 Å². The summed E-state index contributed by atoms with van der Waals surface area (Å²) in [4.78, 5) is 16.0. The quantitative estimate of drug-likeness (QED) is 0.390. The van der Waals surface area contributed by atoms with Gasteiger partial charge in [-0.2, -0.15) is 10.4 Å². The standard InChI is InChI=1S/C27H29N9/c1-16(2)20-5-6-23(35-14-17(7-9-28)26(35)29)22-13-31-25(11-21(20)22)33-24-8-10-30-27(34-24)18-12-32-36(15-18)19-3-4-19/h5-6,8,10-13,15-17,19,26H,3-4,7,14,29H2,1-2H3,(H,30,31,33,34)/t17-,26-/m0/s1.